The fourth-order valence-corrected chi connectivity index (χ4v) is 2.86. The zero-order valence-electron chi connectivity index (χ0n) is 14.2. The van der Waals surface area contributed by atoms with Crippen molar-refractivity contribution in [3.05, 3.63) is 18.5 Å². The molecule has 1 aromatic heterocycles. The van der Waals surface area contributed by atoms with Crippen molar-refractivity contribution in [3.8, 4) is 0 Å². The normalized spacial score (nSPS) is 17.4. The highest BCUT2D eigenvalue weighted by Gasteiger charge is 2.26. The number of hydrogen-bond donors (Lipinski definition) is 1. The van der Waals surface area contributed by atoms with Crippen LogP contribution in [0.1, 0.15) is 38.5 Å². The number of methoxy groups -OCH3 is 1. The molecule has 0 aliphatic carbocycles. The molecule has 0 aromatic carbocycles. The van der Waals surface area contributed by atoms with Crippen molar-refractivity contribution in [2.75, 3.05) is 31.6 Å². The van der Waals surface area contributed by atoms with Crippen molar-refractivity contribution in [2.45, 2.75) is 38.5 Å². The molecule has 7 heteroatoms. The topological polar surface area (TPSA) is 84.4 Å². The second-order valence-electron chi connectivity index (χ2n) is 6.01. The number of unbranched alkanes of at least 4 members (excludes halogenated alkanes) is 2. The number of rotatable bonds is 8. The largest absolute Gasteiger partial charge is 0.469 e. The molecule has 1 fully saturated rings. The fourth-order valence-electron chi connectivity index (χ4n) is 2.86. The summed E-state index contributed by atoms with van der Waals surface area (Å²) in [6.07, 6.45) is 8.34. The van der Waals surface area contributed by atoms with Gasteiger partial charge < -0.3 is 15.0 Å². The molecule has 0 radical (unpaired) electrons. The lowest BCUT2D eigenvalue weighted by Gasteiger charge is -2.31. The molecule has 0 spiro atoms. The number of esters is 1. The molecule has 1 saturated heterocycles. The Labute approximate surface area is 142 Å². The highest BCUT2D eigenvalue weighted by atomic mass is 16.5. The second kappa shape index (κ2) is 9.85. The third kappa shape index (κ3) is 5.79. The van der Waals surface area contributed by atoms with Crippen LogP contribution < -0.4 is 10.2 Å². The number of ether oxygens (including phenoxy) is 1. The van der Waals surface area contributed by atoms with E-state index in [0.717, 1.165) is 38.6 Å². The number of nitrogens with zero attached hydrogens (tertiary/aromatic N) is 3. The summed E-state index contributed by atoms with van der Waals surface area (Å²) in [5.74, 6) is 0.600. The molecule has 1 atom stereocenters. The molecule has 1 unspecified atom stereocenters. The SMILES string of the molecule is COC(=O)CCCCCNC(=O)C1CCCN(c2ncccn2)C1. The smallest absolute Gasteiger partial charge is 0.305 e. The van der Waals surface area contributed by atoms with Gasteiger partial charge in [0.1, 0.15) is 0 Å². The summed E-state index contributed by atoms with van der Waals surface area (Å²) in [6.45, 7) is 2.21. The van der Waals surface area contributed by atoms with Crippen LogP contribution in [-0.2, 0) is 14.3 Å². The number of aromatic nitrogens is 2. The van der Waals surface area contributed by atoms with E-state index >= 15 is 0 Å². The highest BCUT2D eigenvalue weighted by Crippen LogP contribution is 2.20. The molecular weight excluding hydrogens is 308 g/mol. The summed E-state index contributed by atoms with van der Waals surface area (Å²) in [6, 6.07) is 1.79. The van der Waals surface area contributed by atoms with Crippen LogP contribution in [0.25, 0.3) is 0 Å². The molecular formula is C17H26N4O3. The summed E-state index contributed by atoms with van der Waals surface area (Å²) in [5, 5.41) is 3.00. The van der Waals surface area contributed by atoms with E-state index in [1.165, 1.54) is 7.11 Å². The van der Waals surface area contributed by atoms with Gasteiger partial charge in [0.15, 0.2) is 0 Å². The lowest BCUT2D eigenvalue weighted by atomic mass is 9.97. The zero-order valence-corrected chi connectivity index (χ0v) is 14.2. The third-order valence-electron chi connectivity index (χ3n) is 4.21. The quantitative estimate of drug-likeness (QED) is 0.573. The van der Waals surface area contributed by atoms with Gasteiger partial charge in [-0.2, -0.15) is 0 Å². The monoisotopic (exact) mass is 334 g/mol. The molecule has 1 aromatic rings. The van der Waals surface area contributed by atoms with Gasteiger partial charge in [0.25, 0.3) is 0 Å². The van der Waals surface area contributed by atoms with Crippen molar-refractivity contribution in [2.24, 2.45) is 5.92 Å². The van der Waals surface area contributed by atoms with E-state index in [9.17, 15) is 9.59 Å². The standard InChI is InChI=1S/C17H26N4O3/c1-24-15(22)8-3-2-4-9-18-16(23)14-7-5-12-21(13-14)17-19-10-6-11-20-17/h6,10-11,14H,2-5,7-9,12-13H2,1H3,(H,18,23). The van der Waals surface area contributed by atoms with Gasteiger partial charge in [-0.15, -0.1) is 0 Å². The Bertz CT molecular complexity index is 524. The predicted molar refractivity (Wildman–Crippen MR) is 90.5 cm³/mol. The van der Waals surface area contributed by atoms with Crippen molar-refractivity contribution in [1.82, 2.24) is 15.3 Å². The Balaban J connectivity index is 1.66. The van der Waals surface area contributed by atoms with E-state index in [1.807, 2.05) is 0 Å². The molecule has 0 saturated carbocycles. The average Bonchev–Trinajstić information content (AvgIpc) is 2.65. The molecule has 1 aliphatic rings. The van der Waals surface area contributed by atoms with E-state index in [0.29, 0.717) is 25.5 Å². The highest BCUT2D eigenvalue weighted by molar-refractivity contribution is 5.79. The van der Waals surface area contributed by atoms with Gasteiger partial charge in [-0.05, 0) is 31.7 Å². The first-order chi connectivity index (χ1) is 11.7. The number of hydrogen-bond acceptors (Lipinski definition) is 6. The minimum atomic E-state index is -0.176. The number of piperidine rings is 1. The molecule has 1 N–H and O–H groups in total. The minimum Gasteiger partial charge on any atom is -0.469 e. The van der Waals surface area contributed by atoms with Crippen molar-refractivity contribution in [1.29, 1.82) is 0 Å². The molecule has 24 heavy (non-hydrogen) atoms. The number of amides is 1. The first kappa shape index (κ1) is 18.2. The molecule has 2 rings (SSSR count). The van der Waals surface area contributed by atoms with Crippen molar-refractivity contribution in [3.63, 3.8) is 0 Å². The fraction of sp³-hybridized carbons (Fsp3) is 0.647. The van der Waals surface area contributed by atoms with Crippen molar-refractivity contribution < 1.29 is 14.3 Å². The van der Waals surface area contributed by atoms with Crippen molar-refractivity contribution >= 4 is 17.8 Å². The van der Waals surface area contributed by atoms with E-state index in [-0.39, 0.29) is 17.8 Å². The molecule has 1 amide bonds. The molecule has 132 valence electrons. The first-order valence-corrected chi connectivity index (χ1v) is 8.57. The Morgan fingerprint density at radius 3 is 2.83 bits per heavy atom. The van der Waals surface area contributed by atoms with Crippen LogP contribution >= 0.6 is 0 Å². The Morgan fingerprint density at radius 1 is 1.29 bits per heavy atom. The molecule has 0 bridgehead atoms. The maximum Gasteiger partial charge on any atom is 0.305 e. The van der Waals surface area contributed by atoms with Crippen LogP contribution in [0, 0.1) is 5.92 Å². The van der Waals surface area contributed by atoms with Crippen LogP contribution in [0.15, 0.2) is 18.5 Å². The van der Waals surface area contributed by atoms with Gasteiger partial charge in [-0.1, -0.05) is 6.42 Å². The van der Waals surface area contributed by atoms with Gasteiger partial charge in [-0.3, -0.25) is 9.59 Å². The lowest BCUT2D eigenvalue weighted by Crippen LogP contribution is -2.43. The Morgan fingerprint density at radius 2 is 2.08 bits per heavy atom. The third-order valence-corrected chi connectivity index (χ3v) is 4.21. The number of nitrogens with one attached hydrogen (secondary N) is 1. The average molecular weight is 334 g/mol. The second-order valence-corrected chi connectivity index (χ2v) is 6.01. The maximum atomic E-state index is 12.3. The number of anilines is 1. The van der Waals surface area contributed by atoms with Crippen LogP contribution in [0.5, 0.6) is 0 Å². The van der Waals surface area contributed by atoms with Crippen LogP contribution in [0.4, 0.5) is 5.95 Å². The van der Waals surface area contributed by atoms with Gasteiger partial charge in [-0.25, -0.2) is 9.97 Å². The first-order valence-electron chi connectivity index (χ1n) is 8.57. The summed E-state index contributed by atoms with van der Waals surface area (Å²) < 4.78 is 4.60. The van der Waals surface area contributed by atoms with E-state index < -0.39 is 0 Å². The number of carbonyl (C=O) groups is 2. The lowest BCUT2D eigenvalue weighted by molar-refractivity contribution is -0.140. The van der Waals surface area contributed by atoms with E-state index in [1.54, 1.807) is 18.5 Å². The zero-order chi connectivity index (χ0) is 17.2. The molecule has 2 heterocycles. The molecule has 1 aliphatic heterocycles. The summed E-state index contributed by atoms with van der Waals surface area (Å²) in [7, 11) is 1.40. The van der Waals surface area contributed by atoms with Crippen LogP contribution in [0.2, 0.25) is 0 Å². The minimum absolute atomic E-state index is 0.0161. The Kier molecular flexibility index (Phi) is 7.45. The molecule has 7 nitrogen and oxygen atoms in total. The van der Waals surface area contributed by atoms with Gasteiger partial charge in [0, 0.05) is 38.4 Å². The van der Waals surface area contributed by atoms with Crippen LogP contribution in [-0.4, -0.2) is 48.6 Å². The number of carbonyl (C=O) groups excluding carboxylic acids is 2. The maximum absolute atomic E-state index is 12.3. The van der Waals surface area contributed by atoms with E-state index in [2.05, 4.69) is 24.9 Å². The Hall–Kier alpha value is -2.18. The van der Waals surface area contributed by atoms with Crippen LogP contribution in [0.3, 0.4) is 0 Å². The van der Waals surface area contributed by atoms with Gasteiger partial charge in [0.2, 0.25) is 11.9 Å². The van der Waals surface area contributed by atoms with Gasteiger partial charge in [0.05, 0.1) is 13.0 Å². The summed E-state index contributed by atoms with van der Waals surface area (Å²) in [5.41, 5.74) is 0. The van der Waals surface area contributed by atoms with Gasteiger partial charge >= 0.3 is 5.97 Å². The summed E-state index contributed by atoms with van der Waals surface area (Å²) >= 11 is 0. The summed E-state index contributed by atoms with van der Waals surface area (Å²) in [4.78, 5) is 33.9. The van der Waals surface area contributed by atoms with E-state index in [4.69, 9.17) is 0 Å². The predicted octanol–water partition coefficient (Wildman–Crippen LogP) is 1.54.